The third kappa shape index (κ3) is 5.79. The van der Waals surface area contributed by atoms with E-state index >= 15 is 0 Å². The molecule has 0 aromatic carbocycles. The van der Waals surface area contributed by atoms with E-state index in [2.05, 4.69) is 24.0 Å². The molecule has 1 N–H and O–H groups in total. The summed E-state index contributed by atoms with van der Waals surface area (Å²) >= 11 is 2.09. The fourth-order valence-corrected chi connectivity index (χ4v) is 3.17. The predicted molar refractivity (Wildman–Crippen MR) is 68.7 cm³/mol. The highest BCUT2D eigenvalue weighted by Crippen LogP contribution is 2.18. The molecule has 1 saturated heterocycles. The van der Waals surface area contributed by atoms with E-state index in [1.165, 1.54) is 43.6 Å². The molecular weight excluding hydrogens is 206 g/mol. The predicted octanol–water partition coefficient (Wildman–Crippen LogP) is 2.68. The fourth-order valence-electron chi connectivity index (χ4n) is 2.06. The van der Waals surface area contributed by atoms with Crippen LogP contribution in [0, 0.1) is 0 Å². The molecule has 0 aromatic heterocycles. The van der Waals surface area contributed by atoms with Crippen LogP contribution in [0.25, 0.3) is 0 Å². The van der Waals surface area contributed by atoms with E-state index in [0.29, 0.717) is 6.04 Å². The minimum atomic E-state index is 0.572. The maximum Gasteiger partial charge on any atom is 0.0615 e. The third-order valence-corrected chi connectivity index (χ3v) is 4.02. The van der Waals surface area contributed by atoms with Crippen molar-refractivity contribution < 1.29 is 4.74 Å². The van der Waals surface area contributed by atoms with Gasteiger partial charge in [-0.25, -0.2) is 0 Å². The summed E-state index contributed by atoms with van der Waals surface area (Å²) in [5.41, 5.74) is 0. The monoisotopic (exact) mass is 231 g/mol. The molecule has 3 heteroatoms. The number of ether oxygens (including phenoxy) is 1. The number of rotatable bonds is 7. The minimum Gasteiger partial charge on any atom is -0.383 e. The summed E-state index contributed by atoms with van der Waals surface area (Å²) in [6.45, 7) is 3.12. The van der Waals surface area contributed by atoms with Crippen molar-refractivity contribution in [3.8, 4) is 0 Å². The van der Waals surface area contributed by atoms with Crippen LogP contribution in [0.15, 0.2) is 0 Å². The van der Waals surface area contributed by atoms with Crippen molar-refractivity contribution in [2.75, 3.05) is 25.2 Å². The molecule has 0 spiro atoms. The van der Waals surface area contributed by atoms with Crippen LogP contribution in [0.4, 0.5) is 0 Å². The summed E-state index contributed by atoms with van der Waals surface area (Å²) in [7, 11) is 1.80. The molecule has 15 heavy (non-hydrogen) atoms. The van der Waals surface area contributed by atoms with E-state index in [0.717, 1.165) is 12.6 Å². The van der Waals surface area contributed by atoms with Gasteiger partial charge in [0.1, 0.15) is 0 Å². The molecule has 1 aliphatic heterocycles. The Hall–Kier alpha value is 0.270. The van der Waals surface area contributed by atoms with Crippen LogP contribution in [0.5, 0.6) is 0 Å². The van der Waals surface area contributed by atoms with Crippen LogP contribution in [0.2, 0.25) is 0 Å². The van der Waals surface area contributed by atoms with Gasteiger partial charge in [0, 0.05) is 19.2 Å². The Balaban J connectivity index is 2.21. The lowest BCUT2D eigenvalue weighted by atomic mass is 10.1. The quantitative estimate of drug-likeness (QED) is 0.728. The molecule has 1 heterocycles. The van der Waals surface area contributed by atoms with Gasteiger partial charge in [-0.05, 0) is 30.8 Å². The zero-order chi connectivity index (χ0) is 10.9. The van der Waals surface area contributed by atoms with Crippen LogP contribution in [0.3, 0.4) is 0 Å². The van der Waals surface area contributed by atoms with E-state index in [4.69, 9.17) is 4.74 Å². The molecule has 1 fully saturated rings. The Labute approximate surface area is 98.5 Å². The van der Waals surface area contributed by atoms with Gasteiger partial charge >= 0.3 is 0 Å². The second-order valence-electron chi connectivity index (χ2n) is 4.35. The molecular formula is C12H25NOS. The van der Waals surface area contributed by atoms with E-state index in [1.807, 2.05) is 0 Å². The van der Waals surface area contributed by atoms with Gasteiger partial charge in [0.05, 0.1) is 6.61 Å². The molecule has 90 valence electrons. The number of methoxy groups -OCH3 is 1. The topological polar surface area (TPSA) is 21.3 Å². The Morgan fingerprint density at radius 3 is 2.73 bits per heavy atom. The Kier molecular flexibility index (Phi) is 7.49. The number of thioether (sulfide) groups is 1. The van der Waals surface area contributed by atoms with Crippen molar-refractivity contribution in [3.63, 3.8) is 0 Å². The zero-order valence-corrected chi connectivity index (χ0v) is 10.9. The van der Waals surface area contributed by atoms with Gasteiger partial charge in [-0.3, -0.25) is 0 Å². The van der Waals surface area contributed by atoms with Crippen molar-refractivity contribution in [3.05, 3.63) is 0 Å². The van der Waals surface area contributed by atoms with Crippen LogP contribution in [-0.4, -0.2) is 37.3 Å². The van der Waals surface area contributed by atoms with Gasteiger partial charge in [0.25, 0.3) is 0 Å². The second-order valence-corrected chi connectivity index (χ2v) is 5.57. The highest BCUT2D eigenvalue weighted by molar-refractivity contribution is 7.99. The van der Waals surface area contributed by atoms with Crippen LogP contribution in [-0.2, 0) is 4.74 Å². The molecule has 1 atom stereocenters. The first-order chi connectivity index (χ1) is 7.36. The van der Waals surface area contributed by atoms with Crippen molar-refractivity contribution >= 4 is 11.8 Å². The maximum absolute atomic E-state index is 5.27. The van der Waals surface area contributed by atoms with Crippen LogP contribution < -0.4 is 5.32 Å². The molecule has 1 rings (SSSR count). The van der Waals surface area contributed by atoms with E-state index in [9.17, 15) is 0 Å². The highest BCUT2D eigenvalue weighted by Gasteiger charge is 2.17. The fraction of sp³-hybridized carbons (Fsp3) is 1.00. The first kappa shape index (κ1) is 13.3. The van der Waals surface area contributed by atoms with Gasteiger partial charge in [0.15, 0.2) is 0 Å². The standard InChI is InChI=1S/C12H25NOS/c1-3-4-5-12(10-14-2)13-11-6-8-15-9-7-11/h11-13H,3-10H2,1-2H3. The first-order valence-corrected chi connectivity index (χ1v) is 7.35. The van der Waals surface area contributed by atoms with E-state index in [1.54, 1.807) is 7.11 Å². The summed E-state index contributed by atoms with van der Waals surface area (Å²) in [6, 6.07) is 1.31. The Morgan fingerprint density at radius 1 is 1.40 bits per heavy atom. The average molecular weight is 231 g/mol. The summed E-state index contributed by atoms with van der Waals surface area (Å²) in [6.07, 6.45) is 6.51. The molecule has 2 nitrogen and oxygen atoms in total. The molecule has 0 saturated carbocycles. The molecule has 0 aromatic rings. The van der Waals surface area contributed by atoms with Gasteiger partial charge in [0.2, 0.25) is 0 Å². The van der Waals surface area contributed by atoms with Gasteiger partial charge in [-0.2, -0.15) is 11.8 Å². The maximum atomic E-state index is 5.27. The highest BCUT2D eigenvalue weighted by atomic mass is 32.2. The lowest BCUT2D eigenvalue weighted by molar-refractivity contribution is 0.154. The Bertz CT molecular complexity index is 149. The summed E-state index contributed by atoms with van der Waals surface area (Å²) in [4.78, 5) is 0. The number of nitrogens with one attached hydrogen (secondary N) is 1. The average Bonchev–Trinajstić information content (AvgIpc) is 2.28. The van der Waals surface area contributed by atoms with Gasteiger partial charge < -0.3 is 10.1 Å². The van der Waals surface area contributed by atoms with E-state index in [-0.39, 0.29) is 0 Å². The van der Waals surface area contributed by atoms with Gasteiger partial charge in [-0.1, -0.05) is 19.8 Å². The molecule has 0 radical (unpaired) electrons. The summed E-state index contributed by atoms with van der Waals surface area (Å²) in [5, 5.41) is 3.75. The molecule has 1 unspecified atom stereocenters. The smallest absolute Gasteiger partial charge is 0.0615 e. The van der Waals surface area contributed by atoms with Crippen LogP contribution in [0.1, 0.15) is 39.0 Å². The summed E-state index contributed by atoms with van der Waals surface area (Å²) < 4.78 is 5.27. The first-order valence-electron chi connectivity index (χ1n) is 6.19. The summed E-state index contributed by atoms with van der Waals surface area (Å²) in [5.74, 6) is 2.65. The number of unbranched alkanes of at least 4 members (excludes halogenated alkanes) is 1. The number of hydrogen-bond acceptors (Lipinski definition) is 3. The molecule has 0 aliphatic carbocycles. The largest absolute Gasteiger partial charge is 0.383 e. The lowest BCUT2D eigenvalue weighted by Gasteiger charge is -2.28. The van der Waals surface area contributed by atoms with Crippen molar-refractivity contribution in [1.29, 1.82) is 0 Å². The molecule has 0 amide bonds. The van der Waals surface area contributed by atoms with Crippen molar-refractivity contribution in [2.24, 2.45) is 0 Å². The normalized spacial score (nSPS) is 20.4. The minimum absolute atomic E-state index is 0.572. The lowest BCUT2D eigenvalue weighted by Crippen LogP contribution is -2.42. The van der Waals surface area contributed by atoms with Crippen LogP contribution >= 0.6 is 11.8 Å². The third-order valence-electron chi connectivity index (χ3n) is 2.97. The Morgan fingerprint density at radius 2 is 2.13 bits per heavy atom. The van der Waals surface area contributed by atoms with E-state index < -0.39 is 0 Å². The van der Waals surface area contributed by atoms with Gasteiger partial charge in [-0.15, -0.1) is 0 Å². The molecule has 0 bridgehead atoms. The SMILES string of the molecule is CCCCC(COC)NC1CCSCC1. The molecule has 1 aliphatic rings. The van der Waals surface area contributed by atoms with Crippen molar-refractivity contribution in [1.82, 2.24) is 5.32 Å². The zero-order valence-electron chi connectivity index (χ0n) is 10.1. The van der Waals surface area contributed by atoms with Crippen molar-refractivity contribution in [2.45, 2.75) is 51.1 Å². The number of hydrogen-bond donors (Lipinski definition) is 1. The second kappa shape index (κ2) is 8.43.